The number of benzene rings is 5. The Morgan fingerprint density at radius 3 is 1.71 bits per heavy atom. The Morgan fingerprint density at radius 2 is 1.00 bits per heavy atom. The average Bonchev–Trinajstić information content (AvgIpc) is 3.12. The fourth-order valence-corrected chi connectivity index (χ4v) is 5.53. The summed E-state index contributed by atoms with van der Waals surface area (Å²) in [4.78, 5) is 0. The molecule has 1 aliphatic carbocycles. The van der Waals surface area contributed by atoms with Crippen LogP contribution in [0.15, 0.2) is 115 Å². The van der Waals surface area contributed by atoms with Crippen molar-refractivity contribution in [3.63, 3.8) is 0 Å². The molecule has 6 rings (SSSR count). The van der Waals surface area contributed by atoms with Gasteiger partial charge in [0, 0.05) is 5.41 Å². The minimum absolute atomic E-state index is 0.0161. The lowest BCUT2D eigenvalue weighted by molar-refractivity contribution is 0.660. The van der Waals surface area contributed by atoms with Crippen LogP contribution < -0.4 is 0 Å². The second-order valence-electron chi connectivity index (χ2n) is 9.89. The van der Waals surface area contributed by atoms with E-state index < -0.39 is 0 Å². The lowest BCUT2D eigenvalue weighted by Crippen LogP contribution is -2.14. The lowest BCUT2D eigenvalue weighted by atomic mass is 9.80. The molecule has 0 heterocycles. The predicted octanol–water partition coefficient (Wildman–Crippen LogP) is 9.30. The van der Waals surface area contributed by atoms with Crippen LogP contribution in [0.5, 0.6) is 0 Å². The molecule has 0 saturated heterocycles. The molecular formula is C34H28. The quantitative estimate of drug-likeness (QED) is 0.264. The highest BCUT2D eigenvalue weighted by atomic mass is 14.4. The molecule has 5 aromatic carbocycles. The van der Waals surface area contributed by atoms with Crippen LogP contribution in [0.25, 0.3) is 44.5 Å². The van der Waals surface area contributed by atoms with E-state index in [9.17, 15) is 0 Å². The molecular weight excluding hydrogens is 408 g/mol. The van der Waals surface area contributed by atoms with Gasteiger partial charge in [0.15, 0.2) is 0 Å². The molecule has 34 heavy (non-hydrogen) atoms. The van der Waals surface area contributed by atoms with Crippen LogP contribution in [-0.4, -0.2) is 0 Å². The summed E-state index contributed by atoms with van der Waals surface area (Å²) < 4.78 is 0. The third-order valence-electron chi connectivity index (χ3n) is 7.39. The number of hydrogen-bond acceptors (Lipinski definition) is 0. The maximum Gasteiger partial charge on any atom is 0.0159 e. The van der Waals surface area contributed by atoms with E-state index >= 15 is 0 Å². The molecule has 0 unspecified atom stereocenters. The standard InChI is InChI=1S/C34H28/c1-23-13-15-24(16-14-23)25-17-19-27(20-18-25)32-28(26-9-5-4-6-10-26)21-22-31-33(32)29-11-7-8-12-30(29)34(31,2)3/h4-22H,1-3H3. The van der Waals surface area contributed by atoms with Gasteiger partial charge in [-0.1, -0.05) is 135 Å². The van der Waals surface area contributed by atoms with Crippen LogP contribution in [0.1, 0.15) is 30.5 Å². The zero-order valence-electron chi connectivity index (χ0n) is 20.0. The van der Waals surface area contributed by atoms with Crippen molar-refractivity contribution in [1.82, 2.24) is 0 Å². The monoisotopic (exact) mass is 436 g/mol. The van der Waals surface area contributed by atoms with E-state index in [1.54, 1.807) is 0 Å². The van der Waals surface area contributed by atoms with E-state index in [1.165, 1.54) is 61.2 Å². The Balaban J connectivity index is 1.60. The molecule has 0 atom stereocenters. The Morgan fingerprint density at radius 1 is 0.412 bits per heavy atom. The Kier molecular flexibility index (Phi) is 4.78. The molecule has 0 aliphatic heterocycles. The largest absolute Gasteiger partial charge is 0.0622 e. The van der Waals surface area contributed by atoms with E-state index in [-0.39, 0.29) is 5.41 Å². The first kappa shape index (κ1) is 20.7. The summed E-state index contributed by atoms with van der Waals surface area (Å²) in [6.07, 6.45) is 0. The van der Waals surface area contributed by atoms with Gasteiger partial charge in [0.05, 0.1) is 0 Å². The van der Waals surface area contributed by atoms with E-state index in [4.69, 9.17) is 0 Å². The molecule has 5 aromatic rings. The number of rotatable bonds is 3. The molecule has 0 saturated carbocycles. The van der Waals surface area contributed by atoms with Crippen LogP contribution >= 0.6 is 0 Å². The van der Waals surface area contributed by atoms with Crippen molar-refractivity contribution in [3.05, 3.63) is 132 Å². The van der Waals surface area contributed by atoms with Gasteiger partial charge in [-0.15, -0.1) is 0 Å². The molecule has 0 fully saturated rings. The van der Waals surface area contributed by atoms with Gasteiger partial charge in [-0.3, -0.25) is 0 Å². The molecule has 0 N–H and O–H groups in total. The fraction of sp³-hybridized carbons (Fsp3) is 0.118. The van der Waals surface area contributed by atoms with E-state index in [0.29, 0.717) is 0 Å². The first-order valence-electron chi connectivity index (χ1n) is 12.0. The molecule has 0 amide bonds. The van der Waals surface area contributed by atoms with E-state index in [2.05, 4.69) is 136 Å². The van der Waals surface area contributed by atoms with Crippen molar-refractivity contribution in [2.24, 2.45) is 0 Å². The van der Waals surface area contributed by atoms with Gasteiger partial charge in [0.1, 0.15) is 0 Å². The van der Waals surface area contributed by atoms with E-state index in [0.717, 1.165) is 0 Å². The van der Waals surface area contributed by atoms with Crippen LogP contribution in [0.4, 0.5) is 0 Å². The first-order chi connectivity index (χ1) is 16.5. The Bertz CT molecular complexity index is 1490. The minimum atomic E-state index is -0.0161. The van der Waals surface area contributed by atoms with Gasteiger partial charge in [0.25, 0.3) is 0 Å². The highest BCUT2D eigenvalue weighted by Crippen LogP contribution is 2.54. The lowest BCUT2D eigenvalue weighted by Gasteiger charge is -2.23. The van der Waals surface area contributed by atoms with E-state index in [1.807, 2.05) is 0 Å². The third-order valence-corrected chi connectivity index (χ3v) is 7.39. The van der Waals surface area contributed by atoms with Crippen LogP contribution in [-0.2, 0) is 5.41 Å². The van der Waals surface area contributed by atoms with Crippen molar-refractivity contribution in [1.29, 1.82) is 0 Å². The molecule has 0 radical (unpaired) electrons. The van der Waals surface area contributed by atoms with Crippen LogP contribution in [0.3, 0.4) is 0 Å². The first-order valence-corrected chi connectivity index (χ1v) is 12.0. The normalized spacial score (nSPS) is 13.4. The molecule has 164 valence electrons. The summed E-state index contributed by atoms with van der Waals surface area (Å²) >= 11 is 0. The summed E-state index contributed by atoms with van der Waals surface area (Å²) in [6, 6.07) is 42.3. The van der Waals surface area contributed by atoms with Crippen molar-refractivity contribution in [3.8, 4) is 44.5 Å². The predicted molar refractivity (Wildman–Crippen MR) is 145 cm³/mol. The van der Waals surface area contributed by atoms with Crippen molar-refractivity contribution < 1.29 is 0 Å². The highest BCUT2D eigenvalue weighted by Gasteiger charge is 2.37. The van der Waals surface area contributed by atoms with Crippen molar-refractivity contribution >= 4 is 0 Å². The number of aryl methyl sites for hydroxylation is 1. The average molecular weight is 437 g/mol. The maximum absolute atomic E-state index is 2.35. The SMILES string of the molecule is Cc1ccc(-c2ccc(-c3c(-c4ccccc4)ccc4c3-c3ccccc3C4(C)C)cc2)cc1. The highest BCUT2D eigenvalue weighted by molar-refractivity contribution is 6.00. The summed E-state index contributed by atoms with van der Waals surface area (Å²) in [6.45, 7) is 6.83. The van der Waals surface area contributed by atoms with Crippen molar-refractivity contribution in [2.75, 3.05) is 0 Å². The molecule has 0 heteroatoms. The fourth-order valence-electron chi connectivity index (χ4n) is 5.53. The summed E-state index contributed by atoms with van der Waals surface area (Å²) in [5.41, 5.74) is 14.5. The summed E-state index contributed by atoms with van der Waals surface area (Å²) in [7, 11) is 0. The Hall–Kier alpha value is -3.90. The molecule has 0 bridgehead atoms. The van der Waals surface area contributed by atoms with Crippen LogP contribution in [0.2, 0.25) is 0 Å². The molecule has 0 spiro atoms. The second-order valence-corrected chi connectivity index (χ2v) is 9.89. The summed E-state index contributed by atoms with van der Waals surface area (Å²) in [5.74, 6) is 0. The van der Waals surface area contributed by atoms with Gasteiger partial charge >= 0.3 is 0 Å². The molecule has 0 aromatic heterocycles. The van der Waals surface area contributed by atoms with Gasteiger partial charge in [0.2, 0.25) is 0 Å². The second kappa shape index (κ2) is 7.85. The zero-order chi connectivity index (χ0) is 23.3. The Labute approximate surface area is 202 Å². The smallest absolute Gasteiger partial charge is 0.0159 e. The maximum atomic E-state index is 2.35. The summed E-state index contributed by atoms with van der Waals surface area (Å²) in [5, 5.41) is 0. The third kappa shape index (κ3) is 3.22. The van der Waals surface area contributed by atoms with Crippen molar-refractivity contribution in [2.45, 2.75) is 26.2 Å². The van der Waals surface area contributed by atoms with Gasteiger partial charge in [-0.05, 0) is 62.6 Å². The van der Waals surface area contributed by atoms with Gasteiger partial charge in [-0.2, -0.15) is 0 Å². The molecule has 1 aliphatic rings. The topological polar surface area (TPSA) is 0 Å². The van der Waals surface area contributed by atoms with Crippen LogP contribution in [0, 0.1) is 6.92 Å². The van der Waals surface area contributed by atoms with Gasteiger partial charge in [-0.25, -0.2) is 0 Å². The minimum Gasteiger partial charge on any atom is -0.0622 e. The zero-order valence-corrected chi connectivity index (χ0v) is 20.0. The van der Waals surface area contributed by atoms with Gasteiger partial charge < -0.3 is 0 Å². The molecule has 0 nitrogen and oxygen atoms in total. The number of fused-ring (bicyclic) bond motifs is 3. The number of hydrogen-bond donors (Lipinski definition) is 0.